The van der Waals surface area contributed by atoms with Crippen molar-refractivity contribution in [2.75, 3.05) is 0 Å². The number of nitrogens with two attached hydrogens (primary N) is 1. The molecular formula is C25H27F5N6. The van der Waals surface area contributed by atoms with Crippen LogP contribution >= 0.6 is 0 Å². The summed E-state index contributed by atoms with van der Waals surface area (Å²) >= 11 is 0. The summed E-state index contributed by atoms with van der Waals surface area (Å²) in [6.07, 6.45) is -2.81. The zero-order valence-electron chi connectivity index (χ0n) is 19.4. The zero-order chi connectivity index (χ0) is 25.6. The van der Waals surface area contributed by atoms with Gasteiger partial charge in [-0.3, -0.25) is 5.73 Å². The first-order valence-electron chi connectivity index (χ1n) is 12.0. The van der Waals surface area contributed by atoms with E-state index in [1.807, 2.05) is 18.2 Å². The SMILES string of the molecule is NC1(C2CCC(F)(F)C2)N=C(c2cccc(C(F)(F)F)n2)NC(=NC2CCC(c3ccccc3)C2)N1. The van der Waals surface area contributed by atoms with Crippen LogP contribution in [0.4, 0.5) is 22.0 Å². The van der Waals surface area contributed by atoms with E-state index in [2.05, 4.69) is 32.7 Å². The van der Waals surface area contributed by atoms with E-state index in [1.165, 1.54) is 17.7 Å². The largest absolute Gasteiger partial charge is 0.433 e. The Balaban J connectivity index is 1.45. The molecular weight excluding hydrogens is 479 g/mol. The van der Waals surface area contributed by atoms with Gasteiger partial charge in [0.2, 0.25) is 5.92 Å². The predicted octanol–water partition coefficient (Wildman–Crippen LogP) is 4.78. The van der Waals surface area contributed by atoms with E-state index in [4.69, 9.17) is 10.7 Å². The Morgan fingerprint density at radius 1 is 1.00 bits per heavy atom. The molecule has 1 aromatic carbocycles. The number of hydrogen-bond donors (Lipinski definition) is 3. The second-order valence-corrected chi connectivity index (χ2v) is 9.79. The Bertz CT molecular complexity index is 1170. The fraction of sp³-hybridized carbons (Fsp3) is 0.480. The highest BCUT2D eigenvalue weighted by molar-refractivity contribution is 6.09. The molecule has 5 rings (SSSR count). The summed E-state index contributed by atoms with van der Waals surface area (Å²) in [6, 6.07) is 13.5. The number of aromatic nitrogens is 1. The Labute approximate surface area is 205 Å². The molecule has 1 aliphatic heterocycles. The van der Waals surface area contributed by atoms with Gasteiger partial charge >= 0.3 is 6.18 Å². The van der Waals surface area contributed by atoms with Crippen LogP contribution in [-0.4, -0.2) is 34.5 Å². The molecule has 2 aromatic rings. The molecule has 2 fully saturated rings. The quantitative estimate of drug-likeness (QED) is 0.521. The number of hydrogen-bond acceptors (Lipinski definition) is 4. The molecule has 1 aromatic heterocycles. The van der Waals surface area contributed by atoms with Gasteiger partial charge in [-0.15, -0.1) is 0 Å². The molecule has 0 saturated heterocycles. The second kappa shape index (κ2) is 9.10. The highest BCUT2D eigenvalue weighted by Gasteiger charge is 2.50. The van der Waals surface area contributed by atoms with Gasteiger partial charge in [0.1, 0.15) is 11.4 Å². The Morgan fingerprint density at radius 2 is 1.78 bits per heavy atom. The molecule has 11 heteroatoms. The molecule has 192 valence electrons. The molecule has 2 heterocycles. The first kappa shape index (κ1) is 24.6. The lowest BCUT2D eigenvalue weighted by molar-refractivity contribution is -0.141. The van der Waals surface area contributed by atoms with Crippen LogP contribution in [-0.2, 0) is 6.18 Å². The van der Waals surface area contributed by atoms with Crippen LogP contribution in [0.1, 0.15) is 61.4 Å². The molecule has 36 heavy (non-hydrogen) atoms. The van der Waals surface area contributed by atoms with Crippen molar-refractivity contribution in [3.63, 3.8) is 0 Å². The first-order valence-corrected chi connectivity index (χ1v) is 12.0. The lowest BCUT2D eigenvalue weighted by Gasteiger charge is -2.38. The van der Waals surface area contributed by atoms with Crippen LogP contribution in [0.2, 0.25) is 0 Å². The number of halogens is 5. The minimum absolute atomic E-state index is 0.0334. The maximum atomic E-state index is 14.0. The normalized spacial score (nSPS) is 31.1. The number of amidine groups is 1. The molecule has 0 radical (unpaired) electrons. The molecule has 4 N–H and O–H groups in total. The van der Waals surface area contributed by atoms with Crippen LogP contribution in [0.5, 0.6) is 0 Å². The first-order chi connectivity index (χ1) is 17.0. The minimum Gasteiger partial charge on any atom is -0.319 e. The number of rotatable bonds is 4. The van der Waals surface area contributed by atoms with Crippen LogP contribution in [0.25, 0.3) is 0 Å². The number of guanidine groups is 1. The van der Waals surface area contributed by atoms with Crippen molar-refractivity contribution in [1.82, 2.24) is 15.6 Å². The third-order valence-electron chi connectivity index (χ3n) is 7.15. The lowest BCUT2D eigenvalue weighted by atomic mass is 9.97. The van der Waals surface area contributed by atoms with E-state index in [1.54, 1.807) is 0 Å². The van der Waals surface area contributed by atoms with Gasteiger partial charge in [-0.25, -0.2) is 23.7 Å². The third kappa shape index (κ3) is 5.21. The van der Waals surface area contributed by atoms with Crippen molar-refractivity contribution in [3.05, 3.63) is 65.5 Å². The molecule has 2 aliphatic carbocycles. The summed E-state index contributed by atoms with van der Waals surface area (Å²) in [7, 11) is 0. The molecule has 3 aliphatic rings. The average molecular weight is 507 g/mol. The molecule has 4 unspecified atom stereocenters. The third-order valence-corrected chi connectivity index (χ3v) is 7.15. The summed E-state index contributed by atoms with van der Waals surface area (Å²) in [4.78, 5) is 12.8. The minimum atomic E-state index is -4.65. The summed E-state index contributed by atoms with van der Waals surface area (Å²) in [5.41, 5.74) is 6.57. The van der Waals surface area contributed by atoms with Crippen molar-refractivity contribution in [3.8, 4) is 0 Å². The lowest BCUT2D eigenvalue weighted by Crippen LogP contribution is -2.66. The Hall–Kier alpha value is -3.08. The number of benzene rings is 1. The van der Waals surface area contributed by atoms with E-state index in [0.29, 0.717) is 5.92 Å². The molecule has 4 atom stereocenters. The fourth-order valence-corrected chi connectivity index (χ4v) is 5.29. The van der Waals surface area contributed by atoms with Gasteiger partial charge in [0.25, 0.3) is 0 Å². The second-order valence-electron chi connectivity index (χ2n) is 9.79. The van der Waals surface area contributed by atoms with Crippen molar-refractivity contribution < 1.29 is 22.0 Å². The number of nitrogens with one attached hydrogen (secondary N) is 2. The number of aliphatic imine (C=N–C) groups is 2. The molecule has 0 bridgehead atoms. The van der Waals surface area contributed by atoms with Crippen molar-refractivity contribution in [1.29, 1.82) is 0 Å². The predicted molar refractivity (Wildman–Crippen MR) is 126 cm³/mol. The van der Waals surface area contributed by atoms with E-state index in [-0.39, 0.29) is 36.4 Å². The van der Waals surface area contributed by atoms with E-state index >= 15 is 0 Å². The maximum Gasteiger partial charge on any atom is 0.433 e. The highest BCUT2D eigenvalue weighted by atomic mass is 19.4. The van der Waals surface area contributed by atoms with Crippen LogP contribution in [0.3, 0.4) is 0 Å². The van der Waals surface area contributed by atoms with Crippen molar-refractivity contribution >= 4 is 11.8 Å². The molecule has 2 saturated carbocycles. The van der Waals surface area contributed by atoms with Crippen molar-refractivity contribution in [2.24, 2.45) is 21.6 Å². The van der Waals surface area contributed by atoms with E-state index in [0.717, 1.165) is 25.3 Å². The van der Waals surface area contributed by atoms with Gasteiger partial charge in [-0.2, -0.15) is 13.2 Å². The van der Waals surface area contributed by atoms with Gasteiger partial charge in [0, 0.05) is 18.8 Å². The number of pyridine rings is 1. The summed E-state index contributed by atoms with van der Waals surface area (Å²) in [5.74, 6) is -4.77. The topological polar surface area (TPSA) is 87.7 Å². The average Bonchev–Trinajstić information content (AvgIpc) is 3.45. The standard InChI is InChI=1S/C25H27F5N6/c26-23(27)12-11-17(14-23)25(31)35-21(19-7-4-8-20(33-19)24(28,29)30)34-22(36-25)32-18-10-9-16(13-18)15-5-2-1-3-6-15/h1-8,16-18H,9-14,31H2,(H2,32,34,35,36). The number of alkyl halides is 5. The summed E-state index contributed by atoms with van der Waals surface area (Å²) < 4.78 is 67.9. The van der Waals surface area contributed by atoms with Crippen LogP contribution < -0.4 is 16.4 Å². The molecule has 0 spiro atoms. The van der Waals surface area contributed by atoms with Crippen molar-refractivity contribution in [2.45, 2.75) is 68.4 Å². The van der Waals surface area contributed by atoms with Gasteiger partial charge in [-0.1, -0.05) is 36.4 Å². The van der Waals surface area contributed by atoms with Crippen LogP contribution in [0, 0.1) is 5.92 Å². The molecule has 0 amide bonds. The van der Waals surface area contributed by atoms with E-state index in [9.17, 15) is 22.0 Å². The molecule has 6 nitrogen and oxygen atoms in total. The van der Waals surface area contributed by atoms with Gasteiger partial charge in [-0.05, 0) is 49.3 Å². The smallest absolute Gasteiger partial charge is 0.319 e. The monoisotopic (exact) mass is 506 g/mol. The zero-order valence-corrected chi connectivity index (χ0v) is 19.4. The summed E-state index contributed by atoms with van der Waals surface area (Å²) in [6.45, 7) is 0. The Morgan fingerprint density at radius 3 is 2.47 bits per heavy atom. The number of nitrogens with zero attached hydrogens (tertiary/aromatic N) is 3. The fourth-order valence-electron chi connectivity index (χ4n) is 5.29. The highest BCUT2D eigenvalue weighted by Crippen LogP contribution is 2.43. The summed E-state index contributed by atoms with van der Waals surface area (Å²) in [5, 5.41) is 5.90. The van der Waals surface area contributed by atoms with Gasteiger partial charge in [0.15, 0.2) is 17.6 Å². The van der Waals surface area contributed by atoms with Gasteiger partial charge in [0.05, 0.1) is 6.04 Å². The Kier molecular flexibility index (Phi) is 6.22. The van der Waals surface area contributed by atoms with E-state index < -0.39 is 35.9 Å². The maximum absolute atomic E-state index is 14.0. The van der Waals surface area contributed by atoms with Crippen LogP contribution in [0.15, 0.2) is 58.5 Å². The van der Waals surface area contributed by atoms with Gasteiger partial charge < -0.3 is 10.6 Å².